The van der Waals surface area contributed by atoms with Crippen molar-refractivity contribution in [3.63, 3.8) is 0 Å². The number of amides is 1. The number of allylic oxidation sites excluding steroid dienone is 1. The first-order valence-corrected chi connectivity index (χ1v) is 26.0. The van der Waals surface area contributed by atoms with Crippen molar-refractivity contribution >= 4 is 13.7 Å². The summed E-state index contributed by atoms with van der Waals surface area (Å²) in [4.78, 5) is 25.1. The van der Waals surface area contributed by atoms with Crippen LogP contribution in [-0.4, -0.2) is 68.5 Å². The van der Waals surface area contributed by atoms with Crippen LogP contribution in [0, 0.1) is 0 Å². The van der Waals surface area contributed by atoms with Gasteiger partial charge in [0, 0.05) is 6.42 Å². The maximum absolute atomic E-state index is 12.7. The molecule has 8 nitrogen and oxygen atoms in total. The smallest absolute Gasteiger partial charge is 0.268 e. The maximum Gasteiger partial charge on any atom is 0.268 e. The van der Waals surface area contributed by atoms with E-state index in [9.17, 15) is 19.4 Å². The molecule has 0 aliphatic carbocycles. The first-order chi connectivity index (χ1) is 27.5. The molecule has 57 heavy (non-hydrogen) atoms. The number of nitrogens with zero attached hydrogens (tertiary/aromatic N) is 1. The van der Waals surface area contributed by atoms with E-state index in [4.69, 9.17) is 9.05 Å². The van der Waals surface area contributed by atoms with Gasteiger partial charge in [0.25, 0.3) is 7.82 Å². The Morgan fingerprint density at radius 2 is 0.947 bits per heavy atom. The number of nitrogens with one attached hydrogen (secondary N) is 1. The van der Waals surface area contributed by atoms with Crippen molar-refractivity contribution < 1.29 is 32.9 Å². The number of aliphatic hydroxyl groups excluding tert-OH is 1. The molecule has 3 atom stereocenters. The highest BCUT2D eigenvalue weighted by molar-refractivity contribution is 7.45. The highest BCUT2D eigenvalue weighted by atomic mass is 31.2. The minimum absolute atomic E-state index is 0.00143. The van der Waals surface area contributed by atoms with Crippen molar-refractivity contribution in [1.82, 2.24) is 5.32 Å². The van der Waals surface area contributed by atoms with Crippen molar-refractivity contribution in [3.05, 3.63) is 12.2 Å². The molecule has 0 rings (SSSR count). The summed E-state index contributed by atoms with van der Waals surface area (Å²) < 4.78 is 23.1. The van der Waals surface area contributed by atoms with E-state index in [2.05, 4.69) is 19.2 Å². The van der Waals surface area contributed by atoms with Crippen LogP contribution in [0.15, 0.2) is 12.2 Å². The van der Waals surface area contributed by atoms with E-state index >= 15 is 0 Å². The lowest BCUT2D eigenvalue weighted by atomic mass is 10.0. The van der Waals surface area contributed by atoms with E-state index in [1.165, 1.54) is 180 Å². The van der Waals surface area contributed by atoms with Gasteiger partial charge in [-0.1, -0.05) is 225 Å². The van der Waals surface area contributed by atoms with Gasteiger partial charge >= 0.3 is 0 Å². The second-order valence-corrected chi connectivity index (χ2v) is 19.6. The van der Waals surface area contributed by atoms with Crippen LogP contribution in [0.2, 0.25) is 0 Å². The topological polar surface area (TPSA) is 108 Å². The summed E-state index contributed by atoms with van der Waals surface area (Å²) in [6.45, 7) is 4.59. The zero-order chi connectivity index (χ0) is 42.1. The van der Waals surface area contributed by atoms with Crippen LogP contribution >= 0.6 is 7.82 Å². The van der Waals surface area contributed by atoms with Crippen LogP contribution in [0.3, 0.4) is 0 Å². The monoisotopic (exact) mass is 829 g/mol. The second-order valence-electron chi connectivity index (χ2n) is 18.2. The first-order valence-electron chi connectivity index (χ1n) is 24.6. The summed E-state index contributed by atoms with van der Waals surface area (Å²) in [5.41, 5.74) is 0. The number of likely N-dealkylation sites (N-methyl/N-ethyl adjacent to an activating group) is 1. The van der Waals surface area contributed by atoms with E-state index < -0.39 is 20.0 Å². The van der Waals surface area contributed by atoms with Crippen LogP contribution in [0.1, 0.15) is 239 Å². The zero-order valence-electron chi connectivity index (χ0n) is 38.6. The van der Waals surface area contributed by atoms with Gasteiger partial charge in [-0.15, -0.1) is 0 Å². The van der Waals surface area contributed by atoms with Gasteiger partial charge < -0.3 is 28.8 Å². The third-order valence-electron chi connectivity index (χ3n) is 11.2. The number of carbonyl (C=O) groups is 1. The fourth-order valence-electron chi connectivity index (χ4n) is 7.33. The van der Waals surface area contributed by atoms with Crippen molar-refractivity contribution in [2.75, 3.05) is 40.9 Å². The Morgan fingerprint density at radius 3 is 1.32 bits per heavy atom. The molecule has 0 saturated carbocycles. The van der Waals surface area contributed by atoms with Gasteiger partial charge in [0.2, 0.25) is 5.91 Å². The number of hydrogen-bond donors (Lipinski definition) is 2. The Bertz CT molecular complexity index is 942. The van der Waals surface area contributed by atoms with Gasteiger partial charge in [0.05, 0.1) is 39.9 Å². The second kappa shape index (κ2) is 40.6. The maximum atomic E-state index is 12.7. The van der Waals surface area contributed by atoms with Crippen molar-refractivity contribution in [2.45, 2.75) is 251 Å². The number of hydrogen-bond acceptors (Lipinski definition) is 6. The highest BCUT2D eigenvalue weighted by Gasteiger charge is 2.23. The van der Waals surface area contributed by atoms with Crippen LogP contribution in [0.4, 0.5) is 0 Å². The zero-order valence-corrected chi connectivity index (χ0v) is 39.5. The number of phosphoric ester groups is 1. The summed E-state index contributed by atoms with van der Waals surface area (Å²) >= 11 is 0. The van der Waals surface area contributed by atoms with Gasteiger partial charge in [0.1, 0.15) is 13.2 Å². The standard InChI is InChI=1S/C48H97N2O6P/c1-6-8-10-12-14-15-16-17-18-19-20-21-22-23-24-25-26-27-28-29-30-31-32-33-34-35-36-37-39-41-47(51)46(49-48(52)42-40-38-13-11-9-7-2)45-56-57(53,54)55-44-43-50(3,4)5/h39,41,46-47,51H,6-38,40,42-45H2,1-5H3,(H-,49,52,53,54)/b41-39+. The van der Waals surface area contributed by atoms with Gasteiger partial charge in [-0.3, -0.25) is 9.36 Å². The minimum Gasteiger partial charge on any atom is -0.756 e. The molecular formula is C48H97N2O6P. The largest absolute Gasteiger partial charge is 0.756 e. The number of quaternary nitrogens is 1. The normalized spacial score (nSPS) is 14.3. The fraction of sp³-hybridized carbons (Fsp3) is 0.938. The number of rotatable bonds is 45. The van der Waals surface area contributed by atoms with Crippen molar-refractivity contribution in [2.24, 2.45) is 0 Å². The van der Waals surface area contributed by atoms with Crippen molar-refractivity contribution in [3.8, 4) is 0 Å². The predicted molar refractivity (Wildman–Crippen MR) is 242 cm³/mol. The number of aliphatic hydroxyl groups is 1. The lowest BCUT2D eigenvalue weighted by Gasteiger charge is -2.29. The number of phosphoric acid groups is 1. The van der Waals surface area contributed by atoms with Gasteiger partial charge in [-0.25, -0.2) is 0 Å². The summed E-state index contributed by atoms with van der Waals surface area (Å²) in [5.74, 6) is -0.205. The van der Waals surface area contributed by atoms with Gasteiger partial charge in [-0.05, 0) is 19.3 Å². The molecule has 0 heterocycles. The SMILES string of the molecule is CCCCCCCCCCCCCCCCCCCCCCCCCCCCC/C=C/C(O)C(COP(=O)([O-])OCC[N+](C)(C)C)NC(=O)CCCCCCCC. The quantitative estimate of drug-likeness (QED) is 0.0274. The molecule has 2 N–H and O–H groups in total. The Morgan fingerprint density at radius 1 is 0.596 bits per heavy atom. The van der Waals surface area contributed by atoms with Crippen LogP contribution in [-0.2, 0) is 18.4 Å². The highest BCUT2D eigenvalue weighted by Crippen LogP contribution is 2.38. The molecular weight excluding hydrogens is 732 g/mol. The van der Waals surface area contributed by atoms with E-state index in [-0.39, 0.29) is 19.1 Å². The summed E-state index contributed by atoms with van der Waals surface area (Å²) in [5, 5.41) is 13.7. The molecule has 3 unspecified atom stereocenters. The third kappa shape index (κ3) is 43.1. The van der Waals surface area contributed by atoms with Crippen molar-refractivity contribution in [1.29, 1.82) is 0 Å². The van der Waals surface area contributed by atoms with E-state index in [0.717, 1.165) is 38.5 Å². The van der Waals surface area contributed by atoms with E-state index in [1.54, 1.807) is 6.08 Å². The Kier molecular flexibility index (Phi) is 40.1. The Hall–Kier alpha value is -0.760. The molecule has 0 aromatic rings. The molecule has 0 aliphatic rings. The molecule has 0 bridgehead atoms. The summed E-state index contributed by atoms with van der Waals surface area (Å²) in [6.07, 6.45) is 47.5. The molecule has 0 radical (unpaired) electrons. The van der Waals surface area contributed by atoms with Crippen LogP contribution in [0.5, 0.6) is 0 Å². The minimum atomic E-state index is -4.57. The van der Waals surface area contributed by atoms with Gasteiger partial charge in [0.15, 0.2) is 0 Å². The summed E-state index contributed by atoms with van der Waals surface area (Å²) in [7, 11) is 1.27. The third-order valence-corrected chi connectivity index (χ3v) is 12.2. The van der Waals surface area contributed by atoms with Crippen LogP contribution < -0.4 is 10.2 Å². The molecule has 0 aromatic carbocycles. The van der Waals surface area contributed by atoms with E-state index in [1.807, 2.05) is 27.2 Å². The molecule has 340 valence electrons. The Balaban J connectivity index is 3.96. The first kappa shape index (κ1) is 56.2. The molecule has 0 saturated heterocycles. The number of carbonyl (C=O) groups excluding carboxylic acids is 1. The molecule has 0 spiro atoms. The lowest BCUT2D eigenvalue weighted by Crippen LogP contribution is -2.45. The molecule has 0 fully saturated rings. The number of unbranched alkanes of at least 4 members (excludes halogenated alkanes) is 32. The average Bonchev–Trinajstić information content (AvgIpc) is 3.16. The molecule has 0 aliphatic heterocycles. The average molecular weight is 829 g/mol. The van der Waals surface area contributed by atoms with Gasteiger partial charge in [-0.2, -0.15) is 0 Å². The molecule has 1 amide bonds. The fourth-order valence-corrected chi connectivity index (χ4v) is 8.05. The van der Waals surface area contributed by atoms with Crippen LogP contribution in [0.25, 0.3) is 0 Å². The molecule has 9 heteroatoms. The summed E-state index contributed by atoms with van der Waals surface area (Å²) in [6, 6.07) is -0.878. The lowest BCUT2D eigenvalue weighted by molar-refractivity contribution is -0.870. The Labute approximate surface area is 354 Å². The molecule has 0 aromatic heterocycles. The van der Waals surface area contributed by atoms with E-state index in [0.29, 0.717) is 17.4 Å². The predicted octanol–water partition coefficient (Wildman–Crippen LogP) is 13.3.